The number of nitrogens with zero attached hydrogens (tertiary/aromatic N) is 2. The van der Waals surface area contributed by atoms with Gasteiger partial charge in [-0.1, -0.05) is 35.1 Å². The van der Waals surface area contributed by atoms with E-state index in [-0.39, 0.29) is 17.2 Å². The van der Waals surface area contributed by atoms with E-state index in [0.717, 1.165) is 26.9 Å². The summed E-state index contributed by atoms with van der Waals surface area (Å²) in [7, 11) is -1.70. The molecule has 1 aromatic heterocycles. The number of hydrogen-bond donors (Lipinski definition) is 0. The molecule has 29 heavy (non-hydrogen) atoms. The molecule has 0 radical (unpaired) electrons. The molecule has 0 aliphatic heterocycles. The number of carbonyl (C=O) groups is 1. The summed E-state index contributed by atoms with van der Waals surface area (Å²) in [5, 5.41) is 0. The molecule has 3 aromatic rings. The average molecular weight is 433 g/mol. The van der Waals surface area contributed by atoms with E-state index in [4.69, 9.17) is 4.74 Å². The van der Waals surface area contributed by atoms with Gasteiger partial charge in [-0.2, -0.15) is 4.99 Å². The molecule has 0 fully saturated rings. The number of fused-ring (bicyclic) bond motifs is 1. The summed E-state index contributed by atoms with van der Waals surface area (Å²) >= 11 is 1.31. The SMILES string of the molecule is COCCn1c(=NC(=O)Cc2ccc(C)cc2C)sc2cc(S(C)(=O)=O)ccc21. The Morgan fingerprint density at radius 2 is 1.93 bits per heavy atom. The van der Waals surface area contributed by atoms with Crippen molar-refractivity contribution in [2.24, 2.45) is 4.99 Å². The van der Waals surface area contributed by atoms with E-state index in [2.05, 4.69) is 4.99 Å². The molecule has 1 amide bonds. The summed E-state index contributed by atoms with van der Waals surface area (Å²) in [5.74, 6) is -0.238. The molecule has 0 saturated heterocycles. The fraction of sp³-hybridized carbons (Fsp3) is 0.333. The topological polar surface area (TPSA) is 77.7 Å². The molecule has 0 spiro atoms. The number of thiazole rings is 1. The number of carbonyl (C=O) groups excluding carboxylic acids is 1. The molecule has 1 heterocycles. The molecule has 154 valence electrons. The highest BCUT2D eigenvalue weighted by Gasteiger charge is 2.13. The number of hydrogen-bond acceptors (Lipinski definition) is 5. The van der Waals surface area contributed by atoms with Crippen LogP contribution >= 0.6 is 11.3 Å². The molecule has 0 aliphatic rings. The van der Waals surface area contributed by atoms with Crippen LogP contribution in [0.4, 0.5) is 0 Å². The minimum atomic E-state index is -3.31. The Morgan fingerprint density at radius 3 is 2.59 bits per heavy atom. The second kappa shape index (κ2) is 8.61. The second-order valence-corrected chi connectivity index (χ2v) is 10.1. The third-order valence-corrected chi connectivity index (χ3v) is 6.81. The van der Waals surface area contributed by atoms with E-state index >= 15 is 0 Å². The van der Waals surface area contributed by atoms with Gasteiger partial charge < -0.3 is 9.30 Å². The van der Waals surface area contributed by atoms with Crippen LogP contribution in [0, 0.1) is 13.8 Å². The molecule has 0 bridgehead atoms. The highest BCUT2D eigenvalue weighted by Crippen LogP contribution is 2.22. The fourth-order valence-electron chi connectivity index (χ4n) is 3.12. The molecule has 0 atom stereocenters. The predicted molar refractivity (Wildman–Crippen MR) is 115 cm³/mol. The van der Waals surface area contributed by atoms with Crippen LogP contribution in [-0.2, 0) is 32.3 Å². The molecule has 0 saturated carbocycles. The number of methoxy groups -OCH3 is 1. The third-order valence-electron chi connectivity index (χ3n) is 4.66. The van der Waals surface area contributed by atoms with Gasteiger partial charge in [-0.25, -0.2) is 8.42 Å². The maximum absolute atomic E-state index is 12.6. The Morgan fingerprint density at radius 1 is 1.17 bits per heavy atom. The lowest BCUT2D eigenvalue weighted by Crippen LogP contribution is -2.20. The van der Waals surface area contributed by atoms with E-state index in [1.54, 1.807) is 25.3 Å². The van der Waals surface area contributed by atoms with Crippen molar-refractivity contribution in [3.8, 4) is 0 Å². The van der Waals surface area contributed by atoms with Crippen LogP contribution in [0.2, 0.25) is 0 Å². The third kappa shape index (κ3) is 5.01. The molecule has 0 N–H and O–H groups in total. The zero-order chi connectivity index (χ0) is 21.2. The Hall–Kier alpha value is -2.29. The van der Waals surface area contributed by atoms with Gasteiger partial charge in [0.1, 0.15) is 0 Å². The maximum Gasteiger partial charge on any atom is 0.252 e. The van der Waals surface area contributed by atoms with Gasteiger partial charge >= 0.3 is 0 Å². The summed E-state index contributed by atoms with van der Waals surface area (Å²) in [5.41, 5.74) is 4.00. The van der Waals surface area contributed by atoms with E-state index in [0.29, 0.717) is 18.0 Å². The number of aromatic nitrogens is 1. The van der Waals surface area contributed by atoms with Gasteiger partial charge in [0.2, 0.25) is 0 Å². The van der Waals surface area contributed by atoms with Crippen molar-refractivity contribution in [3.63, 3.8) is 0 Å². The minimum Gasteiger partial charge on any atom is -0.383 e. The van der Waals surface area contributed by atoms with Crippen LogP contribution in [0.5, 0.6) is 0 Å². The first-order valence-electron chi connectivity index (χ1n) is 9.15. The molecule has 6 nitrogen and oxygen atoms in total. The normalized spacial score (nSPS) is 12.6. The van der Waals surface area contributed by atoms with E-state index in [9.17, 15) is 13.2 Å². The van der Waals surface area contributed by atoms with E-state index < -0.39 is 9.84 Å². The quantitative estimate of drug-likeness (QED) is 0.600. The molecular formula is C21H24N2O4S2. The molecule has 0 unspecified atom stereocenters. The van der Waals surface area contributed by atoms with Crippen molar-refractivity contribution < 1.29 is 17.9 Å². The highest BCUT2D eigenvalue weighted by molar-refractivity contribution is 7.90. The molecule has 0 aliphatic carbocycles. The van der Waals surface area contributed by atoms with Gasteiger partial charge in [0.15, 0.2) is 14.6 Å². The Balaban J connectivity index is 2.04. The Labute approximate surface area is 174 Å². The lowest BCUT2D eigenvalue weighted by Gasteiger charge is -2.06. The van der Waals surface area contributed by atoms with Crippen molar-refractivity contribution in [3.05, 3.63) is 57.9 Å². The van der Waals surface area contributed by atoms with Crippen LogP contribution in [0.1, 0.15) is 16.7 Å². The lowest BCUT2D eigenvalue weighted by atomic mass is 10.0. The van der Waals surface area contributed by atoms with Crippen LogP contribution in [0.3, 0.4) is 0 Å². The number of aryl methyl sites for hydroxylation is 2. The molecule has 8 heteroatoms. The molecule has 2 aromatic carbocycles. The second-order valence-electron chi connectivity index (χ2n) is 7.04. The lowest BCUT2D eigenvalue weighted by molar-refractivity contribution is -0.117. The Kier molecular flexibility index (Phi) is 6.36. The average Bonchev–Trinajstić information content (AvgIpc) is 2.97. The van der Waals surface area contributed by atoms with Gasteiger partial charge in [0.05, 0.1) is 28.1 Å². The summed E-state index contributed by atoms with van der Waals surface area (Å²) in [6, 6.07) is 11.0. The van der Waals surface area contributed by atoms with Gasteiger partial charge in [0.25, 0.3) is 5.91 Å². The van der Waals surface area contributed by atoms with Crippen LogP contribution in [-0.4, -0.2) is 38.9 Å². The fourth-order valence-corrected chi connectivity index (χ4v) is 4.96. The number of sulfone groups is 1. The van der Waals surface area contributed by atoms with E-state index in [1.165, 1.54) is 17.6 Å². The summed E-state index contributed by atoms with van der Waals surface area (Å²) in [4.78, 5) is 17.8. The van der Waals surface area contributed by atoms with Crippen molar-refractivity contribution >= 4 is 37.3 Å². The van der Waals surface area contributed by atoms with Gasteiger partial charge in [-0.05, 0) is 43.2 Å². The number of benzene rings is 2. The highest BCUT2D eigenvalue weighted by atomic mass is 32.2. The van der Waals surface area contributed by atoms with Crippen molar-refractivity contribution in [1.82, 2.24) is 4.57 Å². The monoisotopic (exact) mass is 432 g/mol. The Bertz CT molecular complexity index is 1240. The first-order valence-corrected chi connectivity index (χ1v) is 11.9. The van der Waals surface area contributed by atoms with Crippen LogP contribution < -0.4 is 4.80 Å². The van der Waals surface area contributed by atoms with Crippen LogP contribution in [0.25, 0.3) is 10.2 Å². The zero-order valence-corrected chi connectivity index (χ0v) is 18.6. The van der Waals surface area contributed by atoms with E-state index in [1.807, 2.05) is 36.6 Å². The largest absolute Gasteiger partial charge is 0.383 e. The van der Waals surface area contributed by atoms with Gasteiger partial charge in [0, 0.05) is 19.9 Å². The first kappa shape index (κ1) is 21.4. The summed E-state index contributed by atoms with van der Waals surface area (Å²) < 4.78 is 31.6. The number of amides is 1. The van der Waals surface area contributed by atoms with Crippen molar-refractivity contribution in [1.29, 1.82) is 0 Å². The number of ether oxygens (including phenoxy) is 1. The van der Waals surface area contributed by atoms with Crippen molar-refractivity contribution in [2.75, 3.05) is 20.0 Å². The van der Waals surface area contributed by atoms with Crippen molar-refractivity contribution in [2.45, 2.75) is 31.7 Å². The number of rotatable bonds is 6. The first-order chi connectivity index (χ1) is 13.7. The predicted octanol–water partition coefficient (Wildman–Crippen LogP) is 3.04. The molecule has 3 rings (SSSR count). The molecular weight excluding hydrogens is 408 g/mol. The summed E-state index contributed by atoms with van der Waals surface area (Å²) in [6.45, 7) is 4.98. The smallest absolute Gasteiger partial charge is 0.252 e. The minimum absolute atomic E-state index is 0.221. The van der Waals surface area contributed by atoms with Gasteiger partial charge in [-0.3, -0.25) is 4.79 Å². The maximum atomic E-state index is 12.6. The standard InChI is InChI=1S/C21H24N2O4S2/c1-14-5-6-16(15(2)11-14)12-20(24)22-21-23(9-10-27-3)18-8-7-17(29(4,25)26)13-19(18)28-21/h5-8,11,13H,9-10,12H2,1-4H3. The van der Waals surface area contributed by atoms with Gasteiger partial charge in [-0.15, -0.1) is 0 Å². The van der Waals surface area contributed by atoms with Crippen LogP contribution in [0.15, 0.2) is 46.3 Å². The zero-order valence-electron chi connectivity index (χ0n) is 16.9. The summed E-state index contributed by atoms with van der Waals surface area (Å²) in [6.07, 6.45) is 1.40.